The molecule has 16 heavy (non-hydrogen) atoms. The first-order valence-electron chi connectivity index (χ1n) is 5.02. The molecule has 4 heteroatoms. The van der Waals surface area contributed by atoms with Crippen molar-refractivity contribution in [1.29, 1.82) is 0 Å². The van der Waals surface area contributed by atoms with Gasteiger partial charge in [-0.2, -0.15) is 0 Å². The van der Waals surface area contributed by atoms with Crippen molar-refractivity contribution in [3.63, 3.8) is 0 Å². The zero-order valence-electron chi connectivity index (χ0n) is 8.94. The van der Waals surface area contributed by atoms with Gasteiger partial charge in [0.15, 0.2) is 0 Å². The maximum Gasteiger partial charge on any atom is 0.129 e. The number of nitrogens with one attached hydrogen (secondary N) is 1. The van der Waals surface area contributed by atoms with Crippen molar-refractivity contribution in [2.45, 2.75) is 13.5 Å². The average molecular weight is 234 g/mol. The Morgan fingerprint density at radius 1 is 1.25 bits per heavy atom. The Morgan fingerprint density at radius 3 is 2.81 bits per heavy atom. The highest BCUT2D eigenvalue weighted by Crippen LogP contribution is 2.08. The Balaban J connectivity index is 1.99. The highest BCUT2D eigenvalue weighted by atomic mass is 35.5. The van der Waals surface area contributed by atoms with Crippen molar-refractivity contribution in [1.82, 2.24) is 9.97 Å². The average Bonchev–Trinajstić information content (AvgIpc) is 2.28. The van der Waals surface area contributed by atoms with Crippen molar-refractivity contribution in [2.24, 2.45) is 0 Å². The highest BCUT2D eigenvalue weighted by molar-refractivity contribution is 6.29. The molecule has 0 saturated heterocycles. The van der Waals surface area contributed by atoms with Crippen LogP contribution >= 0.6 is 11.6 Å². The van der Waals surface area contributed by atoms with Crippen LogP contribution in [-0.2, 0) is 6.54 Å². The summed E-state index contributed by atoms with van der Waals surface area (Å²) in [4.78, 5) is 8.36. The molecule has 82 valence electrons. The predicted molar refractivity (Wildman–Crippen MR) is 65.5 cm³/mol. The van der Waals surface area contributed by atoms with Gasteiger partial charge in [0.05, 0.1) is 0 Å². The van der Waals surface area contributed by atoms with Crippen LogP contribution < -0.4 is 5.32 Å². The quantitative estimate of drug-likeness (QED) is 0.828. The van der Waals surface area contributed by atoms with E-state index in [-0.39, 0.29) is 0 Å². The smallest absolute Gasteiger partial charge is 0.129 e. The molecule has 0 aliphatic heterocycles. The summed E-state index contributed by atoms with van der Waals surface area (Å²) in [6.45, 7) is 2.66. The van der Waals surface area contributed by atoms with Gasteiger partial charge in [-0.3, -0.25) is 0 Å². The van der Waals surface area contributed by atoms with Crippen molar-refractivity contribution >= 4 is 17.4 Å². The Kier molecular flexibility index (Phi) is 3.37. The van der Waals surface area contributed by atoms with Crippen LogP contribution in [0.2, 0.25) is 5.15 Å². The van der Waals surface area contributed by atoms with Gasteiger partial charge in [-0.1, -0.05) is 23.7 Å². The number of aryl methyl sites for hydroxylation is 1. The van der Waals surface area contributed by atoms with Gasteiger partial charge in [0.25, 0.3) is 0 Å². The SMILES string of the molecule is Cc1cccc(NCc2ccc(Cl)nc2)n1. The second kappa shape index (κ2) is 4.94. The molecule has 2 heterocycles. The van der Waals surface area contributed by atoms with Crippen LogP contribution in [0.25, 0.3) is 0 Å². The number of rotatable bonds is 3. The standard InChI is InChI=1S/C12H12ClN3/c1-9-3-2-4-12(16-9)15-8-10-5-6-11(13)14-7-10/h2-7H,8H2,1H3,(H,15,16). The summed E-state index contributed by atoms with van der Waals surface area (Å²) in [5, 5.41) is 3.74. The molecular formula is C12H12ClN3. The van der Waals surface area contributed by atoms with Crippen LogP contribution in [0.4, 0.5) is 5.82 Å². The van der Waals surface area contributed by atoms with E-state index in [4.69, 9.17) is 11.6 Å². The van der Waals surface area contributed by atoms with E-state index >= 15 is 0 Å². The number of aromatic nitrogens is 2. The molecule has 2 aromatic rings. The molecule has 0 aromatic carbocycles. The second-order valence-electron chi connectivity index (χ2n) is 3.51. The topological polar surface area (TPSA) is 37.8 Å². The van der Waals surface area contributed by atoms with Crippen LogP contribution in [0.1, 0.15) is 11.3 Å². The fourth-order valence-corrected chi connectivity index (χ4v) is 1.46. The van der Waals surface area contributed by atoms with Crippen LogP contribution in [-0.4, -0.2) is 9.97 Å². The third kappa shape index (κ3) is 2.94. The van der Waals surface area contributed by atoms with E-state index < -0.39 is 0 Å². The van der Waals surface area contributed by atoms with Crippen molar-refractivity contribution in [3.05, 3.63) is 52.9 Å². The zero-order chi connectivity index (χ0) is 11.4. The normalized spacial score (nSPS) is 10.1. The number of halogens is 1. The molecule has 1 N–H and O–H groups in total. The number of hydrogen-bond donors (Lipinski definition) is 1. The molecule has 0 unspecified atom stereocenters. The van der Waals surface area contributed by atoms with Crippen LogP contribution in [0, 0.1) is 6.92 Å². The lowest BCUT2D eigenvalue weighted by molar-refractivity contribution is 1.07. The Hall–Kier alpha value is -1.61. The van der Waals surface area contributed by atoms with Crippen molar-refractivity contribution in [3.8, 4) is 0 Å². The first-order chi connectivity index (χ1) is 7.74. The van der Waals surface area contributed by atoms with E-state index in [2.05, 4.69) is 15.3 Å². The minimum Gasteiger partial charge on any atom is -0.366 e. The minimum atomic E-state index is 0.512. The van der Waals surface area contributed by atoms with Crippen molar-refractivity contribution in [2.75, 3.05) is 5.32 Å². The molecular weight excluding hydrogens is 222 g/mol. The number of hydrogen-bond acceptors (Lipinski definition) is 3. The van der Waals surface area contributed by atoms with E-state index in [1.807, 2.05) is 31.2 Å². The molecule has 3 nitrogen and oxygen atoms in total. The van der Waals surface area contributed by atoms with Crippen molar-refractivity contribution < 1.29 is 0 Å². The van der Waals surface area contributed by atoms with E-state index in [0.29, 0.717) is 11.7 Å². The molecule has 0 amide bonds. The first-order valence-corrected chi connectivity index (χ1v) is 5.40. The lowest BCUT2D eigenvalue weighted by atomic mass is 10.3. The molecule has 0 aliphatic carbocycles. The first kappa shape index (κ1) is 10.9. The van der Waals surface area contributed by atoms with Crippen LogP contribution in [0.3, 0.4) is 0 Å². The van der Waals surface area contributed by atoms with E-state index in [1.54, 1.807) is 12.3 Å². The number of anilines is 1. The summed E-state index contributed by atoms with van der Waals surface area (Å²) in [7, 11) is 0. The molecule has 2 aromatic heterocycles. The predicted octanol–water partition coefficient (Wildman–Crippen LogP) is 3.05. The van der Waals surface area contributed by atoms with Gasteiger partial charge in [-0.15, -0.1) is 0 Å². The summed E-state index contributed by atoms with van der Waals surface area (Å²) in [5.41, 5.74) is 2.08. The molecule has 0 aliphatic rings. The van der Waals surface area contributed by atoms with Gasteiger partial charge in [-0.05, 0) is 30.7 Å². The summed E-state index contributed by atoms with van der Waals surface area (Å²) in [6.07, 6.45) is 1.76. The van der Waals surface area contributed by atoms with Gasteiger partial charge < -0.3 is 5.32 Å². The van der Waals surface area contributed by atoms with Gasteiger partial charge >= 0.3 is 0 Å². The molecule has 0 radical (unpaired) electrons. The van der Waals surface area contributed by atoms with Crippen LogP contribution in [0.5, 0.6) is 0 Å². The van der Waals surface area contributed by atoms with E-state index in [0.717, 1.165) is 17.1 Å². The fraction of sp³-hybridized carbons (Fsp3) is 0.167. The van der Waals surface area contributed by atoms with E-state index in [1.165, 1.54) is 0 Å². The summed E-state index contributed by atoms with van der Waals surface area (Å²) < 4.78 is 0. The summed E-state index contributed by atoms with van der Waals surface area (Å²) in [6, 6.07) is 9.61. The number of pyridine rings is 2. The molecule has 0 spiro atoms. The molecule has 2 rings (SSSR count). The van der Waals surface area contributed by atoms with Gasteiger partial charge in [0, 0.05) is 18.4 Å². The molecule has 0 saturated carbocycles. The largest absolute Gasteiger partial charge is 0.366 e. The Bertz CT molecular complexity index is 468. The third-order valence-corrected chi connectivity index (χ3v) is 2.37. The molecule has 0 bridgehead atoms. The fourth-order valence-electron chi connectivity index (χ4n) is 1.35. The van der Waals surface area contributed by atoms with Gasteiger partial charge in [0.2, 0.25) is 0 Å². The monoisotopic (exact) mass is 233 g/mol. The second-order valence-corrected chi connectivity index (χ2v) is 3.89. The molecule has 0 fully saturated rings. The maximum absolute atomic E-state index is 5.71. The Morgan fingerprint density at radius 2 is 2.12 bits per heavy atom. The third-order valence-electron chi connectivity index (χ3n) is 2.15. The maximum atomic E-state index is 5.71. The summed E-state index contributed by atoms with van der Waals surface area (Å²) >= 11 is 5.71. The van der Waals surface area contributed by atoms with E-state index in [9.17, 15) is 0 Å². The highest BCUT2D eigenvalue weighted by Gasteiger charge is 1.96. The Labute approximate surface area is 99.5 Å². The van der Waals surface area contributed by atoms with Crippen LogP contribution in [0.15, 0.2) is 36.5 Å². The lowest BCUT2D eigenvalue weighted by Gasteiger charge is -2.05. The number of nitrogens with zero attached hydrogens (tertiary/aromatic N) is 2. The van der Waals surface area contributed by atoms with Gasteiger partial charge in [-0.25, -0.2) is 9.97 Å². The minimum absolute atomic E-state index is 0.512. The lowest BCUT2D eigenvalue weighted by Crippen LogP contribution is -2.01. The van der Waals surface area contributed by atoms with Gasteiger partial charge in [0.1, 0.15) is 11.0 Å². The zero-order valence-corrected chi connectivity index (χ0v) is 9.70. The molecule has 0 atom stereocenters. The summed E-state index contributed by atoms with van der Waals surface area (Å²) in [5.74, 6) is 0.870.